The Kier molecular flexibility index (Phi) is 5.20. The van der Waals surface area contributed by atoms with Crippen molar-refractivity contribution in [1.29, 1.82) is 0 Å². The highest BCUT2D eigenvalue weighted by atomic mass is 79.9. The van der Waals surface area contributed by atoms with Crippen LogP contribution in [0.3, 0.4) is 0 Å². The summed E-state index contributed by atoms with van der Waals surface area (Å²) in [7, 11) is 0. The Morgan fingerprint density at radius 3 is 2.60 bits per heavy atom. The molecule has 0 aromatic heterocycles. The van der Waals surface area contributed by atoms with Gasteiger partial charge in [-0.2, -0.15) is 0 Å². The second-order valence-electron chi connectivity index (χ2n) is 1.86. The number of carbonyl (C=O) groups is 2. The standard InChI is InChI=1S/C6H10BrNO2/c1-6(10)8(5-9)4-2-3-7/h5H,2-4H2,1H3. The molecule has 2 amide bonds. The van der Waals surface area contributed by atoms with Crippen LogP contribution in [0.25, 0.3) is 0 Å². The summed E-state index contributed by atoms with van der Waals surface area (Å²) >= 11 is 3.20. The lowest BCUT2D eigenvalue weighted by molar-refractivity contribution is -0.136. The van der Waals surface area contributed by atoms with Gasteiger partial charge in [0.2, 0.25) is 12.3 Å². The van der Waals surface area contributed by atoms with E-state index in [0.717, 1.165) is 16.7 Å². The van der Waals surface area contributed by atoms with Gasteiger partial charge in [-0.25, -0.2) is 0 Å². The van der Waals surface area contributed by atoms with Crippen molar-refractivity contribution in [3.05, 3.63) is 0 Å². The molecule has 0 aliphatic rings. The first-order chi connectivity index (χ1) is 4.72. The fourth-order valence-electron chi connectivity index (χ4n) is 0.514. The third-order valence-electron chi connectivity index (χ3n) is 1.06. The Bertz CT molecular complexity index is 127. The average molecular weight is 208 g/mol. The average Bonchev–Trinajstić information content (AvgIpc) is 1.89. The summed E-state index contributed by atoms with van der Waals surface area (Å²) in [6, 6.07) is 0. The molecular formula is C6H10BrNO2. The van der Waals surface area contributed by atoms with Gasteiger partial charge < -0.3 is 0 Å². The smallest absolute Gasteiger partial charge is 0.225 e. The molecule has 0 saturated heterocycles. The van der Waals surface area contributed by atoms with E-state index in [1.807, 2.05) is 0 Å². The van der Waals surface area contributed by atoms with E-state index in [-0.39, 0.29) is 5.91 Å². The monoisotopic (exact) mass is 207 g/mol. The van der Waals surface area contributed by atoms with E-state index in [1.165, 1.54) is 6.92 Å². The second-order valence-corrected chi connectivity index (χ2v) is 2.65. The number of nitrogens with zero attached hydrogens (tertiary/aromatic N) is 1. The summed E-state index contributed by atoms with van der Waals surface area (Å²) in [5.41, 5.74) is 0. The molecule has 0 saturated carbocycles. The van der Waals surface area contributed by atoms with Gasteiger partial charge in [0.05, 0.1) is 0 Å². The molecule has 0 aromatic carbocycles. The van der Waals surface area contributed by atoms with Gasteiger partial charge >= 0.3 is 0 Å². The van der Waals surface area contributed by atoms with Crippen molar-refractivity contribution in [3.63, 3.8) is 0 Å². The number of rotatable bonds is 4. The predicted octanol–water partition coefficient (Wildman–Crippen LogP) is 0.776. The molecule has 0 bridgehead atoms. The fourth-order valence-corrected chi connectivity index (χ4v) is 0.765. The molecule has 0 spiro atoms. The number of carbonyl (C=O) groups excluding carboxylic acids is 2. The highest BCUT2D eigenvalue weighted by Gasteiger charge is 2.03. The SMILES string of the molecule is CC(=O)N(C=O)CCCBr. The van der Waals surface area contributed by atoms with E-state index in [0.29, 0.717) is 13.0 Å². The summed E-state index contributed by atoms with van der Waals surface area (Å²) in [4.78, 5) is 21.9. The highest BCUT2D eigenvalue weighted by molar-refractivity contribution is 9.09. The predicted molar refractivity (Wildman–Crippen MR) is 41.9 cm³/mol. The lowest BCUT2D eigenvalue weighted by atomic mass is 10.4. The maximum absolute atomic E-state index is 10.6. The molecule has 0 rings (SSSR count). The molecule has 0 atom stereocenters. The Morgan fingerprint density at radius 1 is 1.70 bits per heavy atom. The Hall–Kier alpha value is -0.380. The van der Waals surface area contributed by atoms with Crippen LogP contribution in [0.15, 0.2) is 0 Å². The Morgan fingerprint density at radius 2 is 2.30 bits per heavy atom. The Labute approximate surface area is 68.5 Å². The van der Waals surface area contributed by atoms with Crippen LogP contribution >= 0.6 is 15.9 Å². The van der Waals surface area contributed by atoms with Crippen molar-refractivity contribution < 1.29 is 9.59 Å². The van der Waals surface area contributed by atoms with Crippen LogP contribution in [0.4, 0.5) is 0 Å². The third-order valence-corrected chi connectivity index (χ3v) is 1.63. The maximum Gasteiger partial charge on any atom is 0.225 e. The number of amides is 2. The molecule has 0 fully saturated rings. The summed E-state index contributed by atoms with van der Waals surface area (Å²) in [5, 5.41) is 0.810. The fraction of sp³-hybridized carbons (Fsp3) is 0.667. The minimum absolute atomic E-state index is 0.198. The molecule has 4 heteroatoms. The van der Waals surface area contributed by atoms with Gasteiger partial charge in [0.1, 0.15) is 0 Å². The van der Waals surface area contributed by atoms with E-state index < -0.39 is 0 Å². The van der Waals surface area contributed by atoms with Crippen molar-refractivity contribution in [2.24, 2.45) is 0 Å². The van der Waals surface area contributed by atoms with Crippen LogP contribution in [0.5, 0.6) is 0 Å². The summed E-state index contributed by atoms with van der Waals surface area (Å²) < 4.78 is 0. The van der Waals surface area contributed by atoms with Crippen LogP contribution in [0.2, 0.25) is 0 Å². The zero-order valence-corrected chi connectivity index (χ0v) is 7.43. The number of hydrogen-bond donors (Lipinski definition) is 0. The zero-order chi connectivity index (χ0) is 7.98. The third kappa shape index (κ3) is 3.61. The molecule has 0 radical (unpaired) electrons. The summed E-state index contributed by atoms with van der Waals surface area (Å²) in [6.45, 7) is 1.88. The maximum atomic E-state index is 10.6. The second kappa shape index (κ2) is 5.41. The van der Waals surface area contributed by atoms with Crippen LogP contribution in [-0.4, -0.2) is 29.1 Å². The summed E-state index contributed by atoms with van der Waals surface area (Å²) in [5.74, 6) is -0.198. The molecule has 0 aliphatic heterocycles. The minimum Gasteiger partial charge on any atom is -0.285 e. The van der Waals surface area contributed by atoms with Gasteiger partial charge in [-0.05, 0) is 6.42 Å². The molecule has 0 unspecified atom stereocenters. The van der Waals surface area contributed by atoms with E-state index in [9.17, 15) is 9.59 Å². The van der Waals surface area contributed by atoms with E-state index in [1.54, 1.807) is 0 Å². The molecule has 3 nitrogen and oxygen atoms in total. The molecule has 0 aromatic rings. The highest BCUT2D eigenvalue weighted by Crippen LogP contribution is 1.91. The van der Waals surface area contributed by atoms with Crippen LogP contribution in [0, 0.1) is 0 Å². The molecule has 0 aliphatic carbocycles. The van der Waals surface area contributed by atoms with E-state index in [2.05, 4.69) is 15.9 Å². The van der Waals surface area contributed by atoms with Crippen LogP contribution in [-0.2, 0) is 9.59 Å². The Balaban J connectivity index is 3.60. The summed E-state index contributed by atoms with van der Waals surface area (Å²) in [6.07, 6.45) is 1.36. The first kappa shape index (κ1) is 9.62. The lowest BCUT2D eigenvalue weighted by Gasteiger charge is -2.10. The van der Waals surface area contributed by atoms with E-state index in [4.69, 9.17) is 0 Å². The normalized spacial score (nSPS) is 9.00. The quantitative estimate of drug-likeness (QED) is 0.505. The van der Waals surface area contributed by atoms with Crippen molar-refractivity contribution in [2.45, 2.75) is 13.3 Å². The van der Waals surface area contributed by atoms with Gasteiger partial charge in [0.25, 0.3) is 0 Å². The first-order valence-electron chi connectivity index (χ1n) is 3.01. The van der Waals surface area contributed by atoms with Crippen LogP contribution in [0.1, 0.15) is 13.3 Å². The number of halogens is 1. The molecule has 0 N–H and O–H groups in total. The van der Waals surface area contributed by atoms with Crippen molar-refractivity contribution in [2.75, 3.05) is 11.9 Å². The van der Waals surface area contributed by atoms with Gasteiger partial charge in [-0.1, -0.05) is 15.9 Å². The number of imide groups is 1. The first-order valence-corrected chi connectivity index (χ1v) is 4.13. The largest absolute Gasteiger partial charge is 0.285 e. The van der Waals surface area contributed by atoms with Crippen LogP contribution < -0.4 is 0 Å². The number of alkyl halides is 1. The van der Waals surface area contributed by atoms with Crippen molar-refractivity contribution in [1.82, 2.24) is 4.90 Å². The van der Waals surface area contributed by atoms with Gasteiger partial charge in [0.15, 0.2) is 0 Å². The van der Waals surface area contributed by atoms with Gasteiger partial charge in [0, 0.05) is 18.8 Å². The van der Waals surface area contributed by atoms with Crippen molar-refractivity contribution >= 4 is 28.2 Å². The van der Waals surface area contributed by atoms with Gasteiger partial charge in [-0.3, -0.25) is 14.5 Å². The van der Waals surface area contributed by atoms with E-state index >= 15 is 0 Å². The number of hydrogen-bond acceptors (Lipinski definition) is 2. The lowest BCUT2D eigenvalue weighted by Crippen LogP contribution is -2.28. The van der Waals surface area contributed by atoms with Crippen molar-refractivity contribution in [3.8, 4) is 0 Å². The minimum atomic E-state index is -0.198. The molecule has 0 heterocycles. The molecular weight excluding hydrogens is 198 g/mol. The zero-order valence-electron chi connectivity index (χ0n) is 5.84. The molecule has 10 heavy (non-hydrogen) atoms. The van der Waals surface area contributed by atoms with Gasteiger partial charge in [-0.15, -0.1) is 0 Å². The topological polar surface area (TPSA) is 37.4 Å². The molecule has 58 valence electrons.